The number of nitrogens with one attached hydrogen (secondary N) is 2. The summed E-state index contributed by atoms with van der Waals surface area (Å²) in [5.41, 5.74) is 1.54. The maximum absolute atomic E-state index is 13.3. The highest BCUT2D eigenvalue weighted by molar-refractivity contribution is 5.98. The van der Waals surface area contributed by atoms with Gasteiger partial charge in [0.25, 0.3) is 11.8 Å². The highest BCUT2D eigenvalue weighted by Gasteiger charge is 2.35. The van der Waals surface area contributed by atoms with Crippen LogP contribution in [0.1, 0.15) is 40.9 Å². The molecular weight excluding hydrogens is 536 g/mol. The normalized spacial score (nSPS) is 16.1. The van der Waals surface area contributed by atoms with Gasteiger partial charge in [0.15, 0.2) is 6.10 Å². The standard InChI is InChI=1S/C32H34N4O6/c1-20(42-28-13-7-10-22-9-4-5-12-25(22)28)32(39)36-15-14-23(18-36)29-26(19-41-35-29)30(37)34-27(31(38)33-2)17-21-8-6-11-24(16-21)40-3/h4-13,16,19-20,23,27H,14-15,17-18H2,1-3H3,(H,33,38)(H,34,37). The minimum atomic E-state index is -0.828. The summed E-state index contributed by atoms with van der Waals surface area (Å²) in [5, 5.41) is 11.5. The Morgan fingerprint density at radius 1 is 1.10 bits per heavy atom. The second-order valence-electron chi connectivity index (χ2n) is 10.3. The maximum Gasteiger partial charge on any atom is 0.263 e. The van der Waals surface area contributed by atoms with Gasteiger partial charge >= 0.3 is 0 Å². The Labute approximate surface area is 244 Å². The van der Waals surface area contributed by atoms with Crippen molar-refractivity contribution in [3.05, 3.63) is 89.8 Å². The fourth-order valence-electron chi connectivity index (χ4n) is 5.34. The van der Waals surface area contributed by atoms with Gasteiger partial charge < -0.3 is 29.5 Å². The molecule has 10 heteroatoms. The van der Waals surface area contributed by atoms with E-state index in [0.717, 1.165) is 16.3 Å². The zero-order valence-electron chi connectivity index (χ0n) is 23.8. The van der Waals surface area contributed by atoms with Gasteiger partial charge in [-0.05, 0) is 42.5 Å². The van der Waals surface area contributed by atoms with Gasteiger partial charge in [0.1, 0.15) is 35.1 Å². The van der Waals surface area contributed by atoms with Crippen LogP contribution in [-0.4, -0.2) is 67.2 Å². The summed E-state index contributed by atoms with van der Waals surface area (Å²) in [4.78, 5) is 41.0. The Kier molecular flexibility index (Phi) is 8.71. The number of amides is 3. The van der Waals surface area contributed by atoms with Gasteiger partial charge in [0.2, 0.25) is 5.91 Å². The van der Waals surface area contributed by atoms with Gasteiger partial charge in [-0.1, -0.05) is 53.7 Å². The van der Waals surface area contributed by atoms with Gasteiger partial charge in [0, 0.05) is 37.9 Å². The van der Waals surface area contributed by atoms with Gasteiger partial charge in [-0.2, -0.15) is 0 Å². The lowest BCUT2D eigenvalue weighted by Crippen LogP contribution is -2.47. The minimum absolute atomic E-state index is 0.141. The maximum atomic E-state index is 13.3. The summed E-state index contributed by atoms with van der Waals surface area (Å²) in [7, 11) is 3.09. The van der Waals surface area contributed by atoms with E-state index in [1.165, 1.54) is 13.3 Å². The molecule has 0 saturated carbocycles. The molecule has 0 aliphatic carbocycles. The Morgan fingerprint density at radius 2 is 1.88 bits per heavy atom. The van der Waals surface area contributed by atoms with Crippen LogP contribution in [0.3, 0.4) is 0 Å². The molecule has 5 rings (SSSR count). The van der Waals surface area contributed by atoms with Gasteiger partial charge in [-0.25, -0.2) is 0 Å². The lowest BCUT2D eigenvalue weighted by Gasteiger charge is -2.22. The molecular formula is C32H34N4O6. The lowest BCUT2D eigenvalue weighted by atomic mass is 10.00. The van der Waals surface area contributed by atoms with Crippen molar-refractivity contribution in [3.8, 4) is 11.5 Å². The molecule has 4 aromatic rings. The molecule has 3 aromatic carbocycles. The van der Waals surface area contributed by atoms with Gasteiger partial charge in [-0.3, -0.25) is 14.4 Å². The van der Waals surface area contributed by atoms with Crippen molar-refractivity contribution >= 4 is 28.5 Å². The van der Waals surface area contributed by atoms with E-state index in [9.17, 15) is 14.4 Å². The van der Waals surface area contributed by atoms with Crippen LogP contribution in [0, 0.1) is 0 Å². The average Bonchev–Trinajstić information content (AvgIpc) is 3.70. The monoisotopic (exact) mass is 570 g/mol. The molecule has 0 spiro atoms. The summed E-state index contributed by atoms with van der Waals surface area (Å²) in [5.74, 6) is 0.169. The first-order chi connectivity index (χ1) is 20.4. The van der Waals surface area contributed by atoms with Crippen molar-refractivity contribution in [1.29, 1.82) is 0 Å². The second-order valence-corrected chi connectivity index (χ2v) is 10.3. The van der Waals surface area contributed by atoms with Gasteiger partial charge in [0.05, 0.1) is 7.11 Å². The first kappa shape index (κ1) is 28.7. The van der Waals surface area contributed by atoms with Crippen molar-refractivity contribution in [1.82, 2.24) is 20.7 Å². The predicted octanol–water partition coefficient (Wildman–Crippen LogP) is 3.71. The topological polar surface area (TPSA) is 123 Å². The average molecular weight is 571 g/mol. The third-order valence-electron chi connectivity index (χ3n) is 7.57. The van der Waals surface area contributed by atoms with E-state index >= 15 is 0 Å². The molecule has 218 valence electrons. The summed E-state index contributed by atoms with van der Waals surface area (Å²) in [6.45, 7) is 2.61. The molecule has 3 amide bonds. The van der Waals surface area contributed by atoms with E-state index in [2.05, 4.69) is 15.8 Å². The highest BCUT2D eigenvalue weighted by atomic mass is 16.5. The van der Waals surface area contributed by atoms with Crippen LogP contribution in [0.5, 0.6) is 11.5 Å². The highest BCUT2D eigenvalue weighted by Crippen LogP contribution is 2.31. The Balaban J connectivity index is 1.24. The second kappa shape index (κ2) is 12.8. The number of rotatable bonds is 10. The molecule has 1 saturated heterocycles. The number of aromatic nitrogens is 1. The first-order valence-electron chi connectivity index (χ1n) is 13.9. The molecule has 0 bridgehead atoms. The number of carbonyl (C=O) groups excluding carboxylic acids is 3. The molecule has 0 radical (unpaired) electrons. The summed E-state index contributed by atoms with van der Waals surface area (Å²) >= 11 is 0. The number of fused-ring (bicyclic) bond motifs is 1. The minimum Gasteiger partial charge on any atom is -0.497 e. The summed E-state index contributed by atoms with van der Waals surface area (Å²) in [6.07, 6.45) is 1.47. The molecule has 3 unspecified atom stereocenters. The molecule has 1 aromatic heterocycles. The molecule has 2 heterocycles. The largest absolute Gasteiger partial charge is 0.497 e. The molecule has 1 fully saturated rings. The number of ether oxygens (including phenoxy) is 2. The Bertz CT molecular complexity index is 1580. The SMILES string of the molecule is CNC(=O)C(Cc1cccc(OC)c1)NC(=O)c1conc1C1CCN(C(=O)C(C)Oc2cccc3ccccc23)C1. The van der Waals surface area contributed by atoms with Crippen molar-refractivity contribution < 1.29 is 28.4 Å². The lowest BCUT2D eigenvalue weighted by molar-refractivity contribution is -0.136. The smallest absolute Gasteiger partial charge is 0.263 e. The van der Waals surface area contributed by atoms with E-state index in [4.69, 9.17) is 14.0 Å². The third kappa shape index (κ3) is 6.22. The van der Waals surface area contributed by atoms with Gasteiger partial charge in [-0.15, -0.1) is 0 Å². The molecule has 10 nitrogen and oxygen atoms in total. The van der Waals surface area contributed by atoms with Crippen LogP contribution in [0.2, 0.25) is 0 Å². The molecule has 1 aliphatic heterocycles. The quantitative estimate of drug-likeness (QED) is 0.298. The van der Waals surface area contributed by atoms with Crippen molar-refractivity contribution in [2.75, 3.05) is 27.2 Å². The number of likely N-dealkylation sites (tertiary alicyclic amines) is 1. The van der Waals surface area contributed by atoms with Crippen molar-refractivity contribution in [3.63, 3.8) is 0 Å². The van der Waals surface area contributed by atoms with Crippen LogP contribution in [0.25, 0.3) is 10.8 Å². The van der Waals surface area contributed by atoms with E-state index in [0.29, 0.717) is 36.7 Å². The fourth-order valence-corrected chi connectivity index (χ4v) is 5.34. The van der Waals surface area contributed by atoms with Crippen molar-refractivity contribution in [2.45, 2.75) is 37.8 Å². The zero-order valence-corrected chi connectivity index (χ0v) is 23.8. The van der Waals surface area contributed by atoms with Crippen LogP contribution >= 0.6 is 0 Å². The molecule has 3 atom stereocenters. The van der Waals surface area contributed by atoms with Crippen LogP contribution < -0.4 is 20.1 Å². The Morgan fingerprint density at radius 3 is 2.69 bits per heavy atom. The molecule has 2 N–H and O–H groups in total. The number of hydrogen-bond acceptors (Lipinski definition) is 7. The number of carbonyl (C=O) groups is 3. The predicted molar refractivity (Wildman–Crippen MR) is 156 cm³/mol. The number of methoxy groups -OCH3 is 1. The molecule has 1 aliphatic rings. The number of nitrogens with zero attached hydrogens (tertiary/aromatic N) is 2. The first-order valence-corrected chi connectivity index (χ1v) is 13.9. The summed E-state index contributed by atoms with van der Waals surface area (Å²) in [6, 6.07) is 20.1. The summed E-state index contributed by atoms with van der Waals surface area (Å²) < 4.78 is 16.6. The fraction of sp³-hybridized carbons (Fsp3) is 0.312. The van der Waals surface area contributed by atoms with E-state index in [1.54, 1.807) is 18.9 Å². The zero-order chi connectivity index (χ0) is 29.6. The van der Waals surface area contributed by atoms with E-state index < -0.39 is 18.1 Å². The van der Waals surface area contributed by atoms with E-state index in [1.807, 2.05) is 66.7 Å². The third-order valence-corrected chi connectivity index (χ3v) is 7.57. The number of benzene rings is 3. The van der Waals surface area contributed by atoms with Crippen molar-refractivity contribution in [2.24, 2.45) is 0 Å². The number of hydrogen-bond donors (Lipinski definition) is 2. The van der Waals surface area contributed by atoms with E-state index in [-0.39, 0.29) is 29.7 Å². The van der Waals surface area contributed by atoms with Crippen LogP contribution in [-0.2, 0) is 16.0 Å². The molecule has 42 heavy (non-hydrogen) atoms. The van der Waals surface area contributed by atoms with Crippen LogP contribution in [0.15, 0.2) is 77.5 Å². The Hall–Kier alpha value is -4.86. The van der Waals surface area contributed by atoms with Crippen LogP contribution in [0.4, 0.5) is 0 Å². The number of likely N-dealkylation sites (N-methyl/N-ethyl adjacent to an activating group) is 1.